The molecule has 0 unspecified atom stereocenters. The van der Waals surface area contributed by atoms with Gasteiger partial charge in [-0.05, 0) is 54.7 Å². The fraction of sp³-hybridized carbons (Fsp3) is 0.235. The van der Waals surface area contributed by atoms with Crippen LogP contribution in [0.3, 0.4) is 0 Å². The molecule has 0 aliphatic heterocycles. The lowest BCUT2D eigenvalue weighted by Gasteiger charge is -2.26. The minimum Gasteiger partial charge on any atom is -0.331 e. The predicted octanol–water partition coefficient (Wildman–Crippen LogP) is 4.54. The van der Waals surface area contributed by atoms with Crippen molar-refractivity contribution < 1.29 is 4.79 Å². The van der Waals surface area contributed by atoms with Gasteiger partial charge in [0.2, 0.25) is 0 Å². The second kappa shape index (κ2) is 6.19. The number of amides is 2. The molecular weight excluding hydrogens is 284 g/mol. The van der Waals surface area contributed by atoms with Crippen molar-refractivity contribution >= 4 is 23.3 Å². The molecule has 21 heavy (non-hydrogen) atoms. The molecule has 4 heteroatoms. The van der Waals surface area contributed by atoms with Gasteiger partial charge in [0.1, 0.15) is 0 Å². The fourth-order valence-electron chi connectivity index (χ4n) is 2.76. The molecule has 1 atom stereocenters. The second-order valence-corrected chi connectivity index (χ2v) is 5.69. The van der Waals surface area contributed by atoms with E-state index in [4.69, 9.17) is 11.6 Å². The van der Waals surface area contributed by atoms with Crippen LogP contribution in [0.4, 0.5) is 10.5 Å². The van der Waals surface area contributed by atoms with Crippen LogP contribution in [0, 0.1) is 0 Å². The molecule has 1 aliphatic carbocycles. The van der Waals surface area contributed by atoms with E-state index in [0.29, 0.717) is 5.02 Å². The molecule has 0 saturated heterocycles. The summed E-state index contributed by atoms with van der Waals surface area (Å²) in [7, 11) is 0. The van der Waals surface area contributed by atoms with Crippen molar-refractivity contribution in [2.24, 2.45) is 0 Å². The fourth-order valence-corrected chi connectivity index (χ4v) is 2.89. The van der Waals surface area contributed by atoms with Crippen molar-refractivity contribution in [3.05, 3.63) is 64.7 Å². The Kier molecular flexibility index (Phi) is 4.11. The zero-order valence-electron chi connectivity index (χ0n) is 11.6. The molecule has 2 aromatic carbocycles. The summed E-state index contributed by atoms with van der Waals surface area (Å²) in [6.07, 6.45) is 3.17. The first kappa shape index (κ1) is 14.0. The largest absolute Gasteiger partial charge is 0.331 e. The Morgan fingerprint density at radius 1 is 1.10 bits per heavy atom. The first-order valence-corrected chi connectivity index (χ1v) is 7.51. The number of aryl methyl sites for hydroxylation is 1. The van der Waals surface area contributed by atoms with Gasteiger partial charge < -0.3 is 10.6 Å². The standard InChI is InChI=1S/C17H17ClN2O/c18-13-8-10-14(11-9-13)19-17(21)20-16-7-3-5-12-4-1-2-6-15(12)16/h1-2,4,6,8-11,16H,3,5,7H2,(H2,19,20,21)/t16-/m1/s1. The average molecular weight is 301 g/mol. The van der Waals surface area contributed by atoms with E-state index >= 15 is 0 Å². The molecule has 1 aliphatic rings. The third-order valence-electron chi connectivity index (χ3n) is 3.78. The molecule has 3 nitrogen and oxygen atoms in total. The van der Waals surface area contributed by atoms with Gasteiger partial charge in [0.15, 0.2) is 0 Å². The molecule has 2 amide bonds. The summed E-state index contributed by atoms with van der Waals surface area (Å²) in [5.41, 5.74) is 3.30. The van der Waals surface area contributed by atoms with Crippen LogP contribution < -0.4 is 10.6 Å². The Morgan fingerprint density at radius 2 is 1.86 bits per heavy atom. The van der Waals surface area contributed by atoms with Crippen molar-refractivity contribution in [1.29, 1.82) is 0 Å². The van der Waals surface area contributed by atoms with Crippen LogP contribution in [0.15, 0.2) is 48.5 Å². The first-order chi connectivity index (χ1) is 10.2. The maximum atomic E-state index is 12.1. The maximum absolute atomic E-state index is 12.1. The van der Waals surface area contributed by atoms with Crippen LogP contribution in [0.2, 0.25) is 5.02 Å². The molecule has 0 saturated carbocycles. The van der Waals surface area contributed by atoms with Gasteiger partial charge in [0, 0.05) is 10.7 Å². The highest BCUT2D eigenvalue weighted by Gasteiger charge is 2.21. The van der Waals surface area contributed by atoms with Crippen LogP contribution in [0.5, 0.6) is 0 Å². The van der Waals surface area contributed by atoms with Crippen molar-refractivity contribution in [2.75, 3.05) is 5.32 Å². The van der Waals surface area contributed by atoms with Gasteiger partial charge in [-0.2, -0.15) is 0 Å². The number of carbonyl (C=O) groups is 1. The highest BCUT2D eigenvalue weighted by Crippen LogP contribution is 2.29. The molecule has 108 valence electrons. The van der Waals surface area contributed by atoms with Crippen molar-refractivity contribution in [2.45, 2.75) is 25.3 Å². The summed E-state index contributed by atoms with van der Waals surface area (Å²) in [5, 5.41) is 6.55. The van der Waals surface area contributed by atoms with Gasteiger partial charge >= 0.3 is 6.03 Å². The second-order valence-electron chi connectivity index (χ2n) is 5.25. The van der Waals surface area contributed by atoms with E-state index in [2.05, 4.69) is 28.8 Å². The van der Waals surface area contributed by atoms with E-state index in [0.717, 1.165) is 24.9 Å². The maximum Gasteiger partial charge on any atom is 0.319 e. The number of nitrogens with one attached hydrogen (secondary N) is 2. The van der Waals surface area contributed by atoms with E-state index in [1.807, 2.05) is 6.07 Å². The number of benzene rings is 2. The molecule has 0 spiro atoms. The molecule has 2 aromatic rings. The van der Waals surface area contributed by atoms with Crippen LogP contribution in [0.1, 0.15) is 30.0 Å². The number of hydrogen-bond acceptors (Lipinski definition) is 1. The SMILES string of the molecule is O=C(Nc1ccc(Cl)cc1)N[C@@H]1CCCc2ccccc21. The van der Waals surface area contributed by atoms with Gasteiger partial charge in [-0.3, -0.25) is 0 Å². The van der Waals surface area contributed by atoms with Crippen LogP contribution in [0.25, 0.3) is 0 Å². The predicted molar refractivity (Wildman–Crippen MR) is 85.7 cm³/mol. The Morgan fingerprint density at radius 3 is 2.67 bits per heavy atom. The summed E-state index contributed by atoms with van der Waals surface area (Å²) in [6.45, 7) is 0. The third kappa shape index (κ3) is 3.37. The molecule has 0 bridgehead atoms. The zero-order valence-corrected chi connectivity index (χ0v) is 12.4. The molecule has 0 heterocycles. The van der Waals surface area contributed by atoms with E-state index in [9.17, 15) is 4.79 Å². The smallest absolute Gasteiger partial charge is 0.319 e. The van der Waals surface area contributed by atoms with Crippen molar-refractivity contribution in [3.63, 3.8) is 0 Å². The molecule has 0 fully saturated rings. The topological polar surface area (TPSA) is 41.1 Å². The lowest BCUT2D eigenvalue weighted by molar-refractivity contribution is 0.247. The average Bonchev–Trinajstić information content (AvgIpc) is 2.50. The molecular formula is C17H17ClN2O. The highest BCUT2D eigenvalue weighted by molar-refractivity contribution is 6.30. The normalized spacial score (nSPS) is 16.9. The van der Waals surface area contributed by atoms with Gasteiger partial charge in [0.05, 0.1) is 6.04 Å². The van der Waals surface area contributed by atoms with Gasteiger partial charge in [-0.15, -0.1) is 0 Å². The van der Waals surface area contributed by atoms with E-state index < -0.39 is 0 Å². The van der Waals surface area contributed by atoms with E-state index in [-0.39, 0.29) is 12.1 Å². The van der Waals surface area contributed by atoms with Gasteiger partial charge in [-0.25, -0.2) is 4.79 Å². The summed E-state index contributed by atoms with van der Waals surface area (Å²) < 4.78 is 0. The molecule has 3 rings (SSSR count). The quantitative estimate of drug-likeness (QED) is 0.840. The summed E-state index contributed by atoms with van der Waals surface area (Å²) >= 11 is 5.83. The number of halogens is 1. The summed E-state index contributed by atoms with van der Waals surface area (Å²) in [4.78, 5) is 12.1. The van der Waals surface area contributed by atoms with Crippen LogP contribution >= 0.6 is 11.6 Å². The minimum atomic E-state index is -0.181. The number of fused-ring (bicyclic) bond motifs is 1. The zero-order chi connectivity index (χ0) is 14.7. The van der Waals surface area contributed by atoms with Crippen molar-refractivity contribution in [1.82, 2.24) is 5.32 Å². The summed E-state index contributed by atoms with van der Waals surface area (Å²) in [5.74, 6) is 0. The van der Waals surface area contributed by atoms with Gasteiger partial charge in [-0.1, -0.05) is 35.9 Å². The Balaban J connectivity index is 1.67. The monoisotopic (exact) mass is 300 g/mol. The number of rotatable bonds is 2. The van der Waals surface area contributed by atoms with E-state index in [1.165, 1.54) is 11.1 Å². The number of urea groups is 1. The highest BCUT2D eigenvalue weighted by atomic mass is 35.5. The number of carbonyl (C=O) groups excluding carboxylic acids is 1. The lowest BCUT2D eigenvalue weighted by Crippen LogP contribution is -2.34. The Bertz CT molecular complexity index is 639. The third-order valence-corrected chi connectivity index (χ3v) is 4.03. The summed E-state index contributed by atoms with van der Waals surface area (Å²) in [6, 6.07) is 15.3. The number of anilines is 1. The minimum absolute atomic E-state index is 0.0854. The lowest BCUT2D eigenvalue weighted by atomic mass is 9.88. The first-order valence-electron chi connectivity index (χ1n) is 7.13. The Labute approximate surface area is 129 Å². The van der Waals surface area contributed by atoms with Crippen LogP contribution in [-0.4, -0.2) is 6.03 Å². The van der Waals surface area contributed by atoms with E-state index in [1.54, 1.807) is 24.3 Å². The molecule has 0 radical (unpaired) electrons. The molecule has 0 aromatic heterocycles. The van der Waals surface area contributed by atoms with Gasteiger partial charge in [0.25, 0.3) is 0 Å². The molecule has 2 N–H and O–H groups in total. The van der Waals surface area contributed by atoms with Crippen molar-refractivity contribution in [3.8, 4) is 0 Å². The van der Waals surface area contributed by atoms with Crippen LogP contribution in [-0.2, 0) is 6.42 Å². The number of hydrogen-bond donors (Lipinski definition) is 2. The Hall–Kier alpha value is -2.00.